The predicted molar refractivity (Wildman–Crippen MR) is 156 cm³/mol. The highest BCUT2D eigenvalue weighted by Crippen LogP contribution is 2.30. The van der Waals surface area contributed by atoms with Crippen LogP contribution in [0, 0.1) is 27.7 Å². The second-order valence-corrected chi connectivity index (χ2v) is 6.78. The van der Waals surface area contributed by atoms with Gasteiger partial charge in [-0.25, -0.2) is 0 Å². The monoisotopic (exact) mass is 450 g/mol. The van der Waals surface area contributed by atoms with E-state index in [0.717, 1.165) is 12.8 Å². The zero-order chi connectivity index (χ0) is 25.1. The summed E-state index contributed by atoms with van der Waals surface area (Å²) in [5.74, 6) is 0. The maximum atomic E-state index is 2.30. The summed E-state index contributed by atoms with van der Waals surface area (Å²) in [6, 6.07) is 21.6. The maximum Gasteiger partial charge on any atom is -0.00203 e. The summed E-state index contributed by atoms with van der Waals surface area (Å²) in [6.45, 7) is 25.1. The van der Waals surface area contributed by atoms with Gasteiger partial charge in [-0.3, -0.25) is 0 Å². The fourth-order valence-corrected chi connectivity index (χ4v) is 3.61. The first-order valence-electron chi connectivity index (χ1n) is 12.7. The molecule has 0 radical (unpaired) electrons. The summed E-state index contributed by atoms with van der Waals surface area (Å²) in [4.78, 5) is 0. The van der Waals surface area contributed by atoms with Crippen LogP contribution in [0.15, 0.2) is 60.7 Å². The summed E-state index contributed by atoms with van der Waals surface area (Å²) >= 11 is 0. The Morgan fingerprint density at radius 3 is 0.939 bits per heavy atom. The fourth-order valence-electron chi connectivity index (χ4n) is 3.61. The second kappa shape index (κ2) is 21.5. The lowest BCUT2D eigenvalue weighted by Gasteiger charge is -2.21. The van der Waals surface area contributed by atoms with Gasteiger partial charge in [0.1, 0.15) is 0 Å². The van der Waals surface area contributed by atoms with Crippen molar-refractivity contribution >= 4 is 0 Å². The van der Waals surface area contributed by atoms with Crippen LogP contribution in [0.5, 0.6) is 0 Å². The molecular formula is C33H54. The summed E-state index contributed by atoms with van der Waals surface area (Å²) in [7, 11) is 0. The minimum absolute atomic E-state index is 0. The Hall–Kier alpha value is -2.34. The normalized spacial score (nSPS) is 8.61. The van der Waals surface area contributed by atoms with E-state index in [1.165, 1.54) is 44.5 Å². The van der Waals surface area contributed by atoms with Crippen molar-refractivity contribution in [2.45, 2.75) is 103 Å². The zero-order valence-corrected chi connectivity index (χ0v) is 23.2. The van der Waals surface area contributed by atoms with Crippen LogP contribution in [0.3, 0.4) is 0 Å². The van der Waals surface area contributed by atoms with Crippen molar-refractivity contribution < 1.29 is 0 Å². The molecule has 0 aliphatic carbocycles. The van der Waals surface area contributed by atoms with Crippen molar-refractivity contribution in [1.82, 2.24) is 0 Å². The van der Waals surface area contributed by atoms with E-state index in [1.807, 2.05) is 55.4 Å². The molecule has 0 N–H and O–H groups in total. The summed E-state index contributed by atoms with van der Waals surface area (Å²) in [5, 5.41) is 0. The molecule has 0 aliphatic heterocycles. The molecule has 0 saturated carbocycles. The van der Waals surface area contributed by atoms with Gasteiger partial charge in [0.25, 0.3) is 0 Å². The summed E-state index contributed by atoms with van der Waals surface area (Å²) in [5.41, 5.74) is 11.6. The zero-order valence-electron chi connectivity index (χ0n) is 23.2. The Labute approximate surface area is 208 Å². The molecule has 0 bridgehead atoms. The maximum absolute atomic E-state index is 2.30. The van der Waals surface area contributed by atoms with E-state index in [1.54, 1.807) is 0 Å². The average molecular weight is 451 g/mol. The van der Waals surface area contributed by atoms with Gasteiger partial charge in [-0.2, -0.15) is 0 Å². The third-order valence-corrected chi connectivity index (χ3v) is 5.38. The predicted octanol–water partition coefficient (Wildman–Crippen LogP) is 10.8. The highest BCUT2D eigenvalue weighted by molar-refractivity contribution is 5.52. The van der Waals surface area contributed by atoms with Crippen LogP contribution in [0.1, 0.15) is 107 Å². The van der Waals surface area contributed by atoms with E-state index in [4.69, 9.17) is 0 Å². The van der Waals surface area contributed by atoms with Crippen LogP contribution in [0.4, 0.5) is 0 Å². The number of hydrogen-bond acceptors (Lipinski definition) is 0. The second-order valence-electron chi connectivity index (χ2n) is 6.78. The molecule has 0 saturated heterocycles. The van der Waals surface area contributed by atoms with Crippen LogP contribution in [0.25, 0.3) is 0 Å². The minimum atomic E-state index is 0. The molecule has 33 heavy (non-hydrogen) atoms. The lowest BCUT2D eigenvalue weighted by Crippen LogP contribution is -2.07. The quantitative estimate of drug-likeness (QED) is 0.370. The van der Waals surface area contributed by atoms with E-state index >= 15 is 0 Å². The van der Waals surface area contributed by atoms with E-state index in [2.05, 4.69) is 88.4 Å². The summed E-state index contributed by atoms with van der Waals surface area (Å²) in [6.07, 6.45) is 2.03. The van der Waals surface area contributed by atoms with E-state index in [-0.39, 0.29) is 7.43 Å². The van der Waals surface area contributed by atoms with Crippen LogP contribution < -0.4 is 0 Å². The fraction of sp³-hybridized carbons (Fsp3) is 0.455. The summed E-state index contributed by atoms with van der Waals surface area (Å²) < 4.78 is 0. The Kier molecular flexibility index (Phi) is 23.0. The van der Waals surface area contributed by atoms with Crippen LogP contribution in [0.2, 0.25) is 0 Å². The van der Waals surface area contributed by atoms with Crippen molar-refractivity contribution in [3.05, 3.63) is 105 Å². The molecule has 0 nitrogen and oxygen atoms in total. The van der Waals surface area contributed by atoms with Gasteiger partial charge in [0.15, 0.2) is 0 Å². The largest absolute Gasteiger partial charge is 0.0776 e. The number of benzene rings is 3. The van der Waals surface area contributed by atoms with Gasteiger partial charge in [0.05, 0.1) is 0 Å². The molecule has 0 aromatic heterocycles. The molecule has 0 heteroatoms. The SMILES string of the molecule is C.CC.CC.CC.CC.Cc1c(C)c(Cc2ccccc2)c(C)c(Cc2ccccc2)c1C. The Bertz CT molecular complexity index is 758. The molecule has 0 fully saturated rings. The highest BCUT2D eigenvalue weighted by atomic mass is 14.2. The molecule has 186 valence electrons. The molecule has 0 aliphatic rings. The molecule has 0 amide bonds. The Balaban J connectivity index is -0.000000905. The van der Waals surface area contributed by atoms with Gasteiger partial charge in [0, 0.05) is 0 Å². The van der Waals surface area contributed by atoms with Gasteiger partial charge in [0.2, 0.25) is 0 Å². The molecule has 0 heterocycles. The molecule has 3 rings (SSSR count). The number of hydrogen-bond donors (Lipinski definition) is 0. The first kappa shape index (κ1) is 35.3. The molecule has 3 aromatic rings. The Morgan fingerprint density at radius 1 is 0.394 bits per heavy atom. The molecule has 0 spiro atoms. The lowest BCUT2D eigenvalue weighted by molar-refractivity contribution is 1.03. The van der Waals surface area contributed by atoms with Gasteiger partial charge in [-0.1, -0.05) is 123 Å². The molecule has 0 atom stereocenters. The Morgan fingerprint density at radius 2 is 0.667 bits per heavy atom. The van der Waals surface area contributed by atoms with Gasteiger partial charge in [-0.15, -0.1) is 0 Å². The van der Waals surface area contributed by atoms with Crippen molar-refractivity contribution in [1.29, 1.82) is 0 Å². The standard InChI is InChI=1S/C24H26.4C2H6.CH4/c1-17-18(2)23(15-21-11-7-5-8-12-21)20(4)24(19(17)3)16-22-13-9-6-10-14-22;4*1-2;/h5-14H,15-16H2,1-4H3;4*1-2H3;1H4. The smallest absolute Gasteiger partial charge is 0.00203 e. The molecular weight excluding hydrogens is 396 g/mol. The third kappa shape index (κ3) is 10.9. The van der Waals surface area contributed by atoms with Crippen molar-refractivity contribution in [2.75, 3.05) is 0 Å². The first-order valence-corrected chi connectivity index (χ1v) is 12.7. The van der Waals surface area contributed by atoms with Crippen LogP contribution >= 0.6 is 0 Å². The first-order chi connectivity index (χ1) is 15.6. The van der Waals surface area contributed by atoms with E-state index in [0.29, 0.717) is 0 Å². The lowest BCUT2D eigenvalue weighted by atomic mass is 9.84. The van der Waals surface area contributed by atoms with Crippen molar-refractivity contribution in [3.8, 4) is 0 Å². The van der Waals surface area contributed by atoms with Crippen LogP contribution in [-0.4, -0.2) is 0 Å². The topological polar surface area (TPSA) is 0 Å². The highest BCUT2D eigenvalue weighted by Gasteiger charge is 2.15. The number of rotatable bonds is 4. The average Bonchev–Trinajstić information content (AvgIpc) is 2.89. The third-order valence-electron chi connectivity index (χ3n) is 5.38. The van der Waals surface area contributed by atoms with Gasteiger partial charge < -0.3 is 0 Å². The molecule has 0 unspecified atom stereocenters. The minimum Gasteiger partial charge on any atom is -0.0776 e. The van der Waals surface area contributed by atoms with E-state index in [9.17, 15) is 0 Å². The van der Waals surface area contributed by atoms with Gasteiger partial charge >= 0.3 is 0 Å². The van der Waals surface area contributed by atoms with Gasteiger partial charge in [-0.05, 0) is 85.0 Å². The van der Waals surface area contributed by atoms with Crippen molar-refractivity contribution in [3.63, 3.8) is 0 Å². The van der Waals surface area contributed by atoms with Crippen molar-refractivity contribution in [2.24, 2.45) is 0 Å². The molecule has 3 aromatic carbocycles. The van der Waals surface area contributed by atoms with Crippen LogP contribution in [-0.2, 0) is 12.8 Å². The van der Waals surface area contributed by atoms with E-state index < -0.39 is 0 Å².